The SMILES string of the molecule is CCOCC(C)Nc1cc(C)cc(N)c1. The van der Waals surface area contributed by atoms with Crippen LogP contribution in [-0.4, -0.2) is 19.3 Å². The molecule has 1 aromatic rings. The summed E-state index contributed by atoms with van der Waals surface area (Å²) in [5.74, 6) is 0. The first-order chi connectivity index (χ1) is 7.11. The van der Waals surface area contributed by atoms with Crippen LogP contribution in [0, 0.1) is 6.92 Å². The third-order valence-electron chi connectivity index (χ3n) is 2.08. The summed E-state index contributed by atoms with van der Waals surface area (Å²) in [5, 5.41) is 3.35. The largest absolute Gasteiger partial charge is 0.399 e. The van der Waals surface area contributed by atoms with Gasteiger partial charge in [-0.25, -0.2) is 0 Å². The van der Waals surface area contributed by atoms with Gasteiger partial charge in [-0.1, -0.05) is 0 Å². The molecule has 0 radical (unpaired) electrons. The molecule has 0 saturated heterocycles. The van der Waals surface area contributed by atoms with E-state index in [0.717, 1.165) is 18.0 Å². The van der Waals surface area contributed by atoms with Gasteiger partial charge < -0.3 is 15.8 Å². The van der Waals surface area contributed by atoms with Crippen LogP contribution >= 0.6 is 0 Å². The van der Waals surface area contributed by atoms with E-state index in [1.807, 2.05) is 26.0 Å². The fourth-order valence-electron chi connectivity index (χ4n) is 1.52. The second-order valence-electron chi connectivity index (χ2n) is 3.84. The lowest BCUT2D eigenvalue weighted by molar-refractivity contribution is 0.141. The molecule has 0 saturated carbocycles. The summed E-state index contributed by atoms with van der Waals surface area (Å²) in [6, 6.07) is 6.28. The predicted octanol–water partition coefficient (Wildman–Crippen LogP) is 2.41. The van der Waals surface area contributed by atoms with E-state index in [2.05, 4.69) is 18.3 Å². The molecular formula is C12H20N2O. The maximum absolute atomic E-state index is 5.76. The molecule has 0 spiro atoms. The standard InChI is InChI=1S/C12H20N2O/c1-4-15-8-10(3)14-12-6-9(2)5-11(13)7-12/h5-7,10,14H,4,8,13H2,1-3H3. The highest BCUT2D eigenvalue weighted by molar-refractivity contribution is 5.57. The molecule has 1 atom stereocenters. The van der Waals surface area contributed by atoms with Crippen LogP contribution in [0.25, 0.3) is 0 Å². The number of ether oxygens (including phenoxy) is 1. The van der Waals surface area contributed by atoms with Gasteiger partial charge in [-0.15, -0.1) is 0 Å². The second-order valence-corrected chi connectivity index (χ2v) is 3.84. The van der Waals surface area contributed by atoms with Crippen molar-refractivity contribution in [1.29, 1.82) is 0 Å². The number of hydrogen-bond acceptors (Lipinski definition) is 3. The summed E-state index contributed by atoms with van der Waals surface area (Å²) in [7, 11) is 0. The number of nitrogens with one attached hydrogen (secondary N) is 1. The highest BCUT2D eigenvalue weighted by atomic mass is 16.5. The molecule has 3 heteroatoms. The van der Waals surface area contributed by atoms with Crippen molar-refractivity contribution in [2.75, 3.05) is 24.3 Å². The molecule has 1 unspecified atom stereocenters. The lowest BCUT2D eigenvalue weighted by atomic mass is 10.2. The normalized spacial score (nSPS) is 12.5. The molecule has 0 heterocycles. The minimum absolute atomic E-state index is 0.297. The summed E-state index contributed by atoms with van der Waals surface area (Å²) in [4.78, 5) is 0. The highest BCUT2D eigenvalue weighted by Crippen LogP contribution is 2.16. The monoisotopic (exact) mass is 208 g/mol. The smallest absolute Gasteiger partial charge is 0.0664 e. The van der Waals surface area contributed by atoms with E-state index in [1.165, 1.54) is 5.56 Å². The van der Waals surface area contributed by atoms with Gasteiger partial charge in [0.25, 0.3) is 0 Å². The van der Waals surface area contributed by atoms with Crippen LogP contribution in [0.1, 0.15) is 19.4 Å². The van der Waals surface area contributed by atoms with Crippen molar-refractivity contribution < 1.29 is 4.74 Å². The predicted molar refractivity (Wildman–Crippen MR) is 65.2 cm³/mol. The molecular weight excluding hydrogens is 188 g/mol. The Morgan fingerprint density at radius 3 is 2.73 bits per heavy atom. The van der Waals surface area contributed by atoms with Crippen LogP contribution in [0.5, 0.6) is 0 Å². The zero-order chi connectivity index (χ0) is 11.3. The van der Waals surface area contributed by atoms with E-state index < -0.39 is 0 Å². The Kier molecular flexibility index (Phi) is 4.43. The van der Waals surface area contributed by atoms with Gasteiger partial charge in [0.1, 0.15) is 0 Å². The average molecular weight is 208 g/mol. The van der Waals surface area contributed by atoms with E-state index in [1.54, 1.807) is 0 Å². The zero-order valence-electron chi connectivity index (χ0n) is 9.71. The molecule has 3 N–H and O–H groups in total. The molecule has 0 aliphatic heterocycles. The first-order valence-electron chi connectivity index (χ1n) is 5.33. The van der Waals surface area contributed by atoms with Crippen LogP contribution in [0.4, 0.5) is 11.4 Å². The van der Waals surface area contributed by atoms with Gasteiger partial charge in [-0.3, -0.25) is 0 Å². The maximum atomic E-state index is 5.76. The molecule has 0 aliphatic rings. The molecule has 0 bridgehead atoms. The maximum Gasteiger partial charge on any atom is 0.0664 e. The molecule has 1 aromatic carbocycles. The number of nitrogen functional groups attached to an aromatic ring is 1. The Bertz CT molecular complexity index is 292. The summed E-state index contributed by atoms with van der Waals surface area (Å²) in [6.07, 6.45) is 0. The molecule has 0 aliphatic carbocycles. The van der Waals surface area contributed by atoms with E-state index in [9.17, 15) is 0 Å². The third kappa shape index (κ3) is 4.21. The summed E-state index contributed by atoms with van der Waals surface area (Å²) in [6.45, 7) is 7.59. The van der Waals surface area contributed by atoms with Gasteiger partial charge in [0, 0.05) is 24.0 Å². The Morgan fingerprint density at radius 2 is 2.13 bits per heavy atom. The lowest BCUT2D eigenvalue weighted by Crippen LogP contribution is -2.21. The van der Waals surface area contributed by atoms with Crippen molar-refractivity contribution in [1.82, 2.24) is 0 Å². The van der Waals surface area contributed by atoms with Gasteiger partial charge >= 0.3 is 0 Å². The van der Waals surface area contributed by atoms with Crippen molar-refractivity contribution in [3.05, 3.63) is 23.8 Å². The molecule has 84 valence electrons. The third-order valence-corrected chi connectivity index (χ3v) is 2.08. The van der Waals surface area contributed by atoms with E-state index in [-0.39, 0.29) is 0 Å². The fourth-order valence-corrected chi connectivity index (χ4v) is 1.52. The van der Waals surface area contributed by atoms with Crippen LogP contribution in [0.3, 0.4) is 0 Å². The summed E-state index contributed by atoms with van der Waals surface area (Å²) in [5.41, 5.74) is 8.78. The Hall–Kier alpha value is -1.22. The van der Waals surface area contributed by atoms with Gasteiger partial charge in [0.2, 0.25) is 0 Å². The molecule has 0 fully saturated rings. The number of aryl methyl sites for hydroxylation is 1. The minimum Gasteiger partial charge on any atom is -0.399 e. The molecule has 1 rings (SSSR count). The Balaban J connectivity index is 2.56. The minimum atomic E-state index is 0.297. The summed E-state index contributed by atoms with van der Waals surface area (Å²) >= 11 is 0. The molecule has 0 aromatic heterocycles. The topological polar surface area (TPSA) is 47.3 Å². The van der Waals surface area contributed by atoms with Crippen molar-refractivity contribution in [3.63, 3.8) is 0 Å². The number of anilines is 2. The summed E-state index contributed by atoms with van der Waals surface area (Å²) < 4.78 is 5.33. The van der Waals surface area contributed by atoms with Crippen LogP contribution in [0.15, 0.2) is 18.2 Å². The Labute approximate surface area is 91.6 Å². The Morgan fingerprint density at radius 1 is 1.40 bits per heavy atom. The average Bonchev–Trinajstić information content (AvgIpc) is 2.13. The number of hydrogen-bond donors (Lipinski definition) is 2. The van der Waals surface area contributed by atoms with E-state index in [4.69, 9.17) is 10.5 Å². The highest BCUT2D eigenvalue weighted by Gasteiger charge is 2.02. The number of benzene rings is 1. The van der Waals surface area contributed by atoms with Gasteiger partial charge in [0.05, 0.1) is 6.61 Å². The zero-order valence-corrected chi connectivity index (χ0v) is 9.71. The second kappa shape index (κ2) is 5.61. The van der Waals surface area contributed by atoms with Crippen molar-refractivity contribution in [2.45, 2.75) is 26.8 Å². The van der Waals surface area contributed by atoms with Crippen LogP contribution < -0.4 is 11.1 Å². The molecule has 0 amide bonds. The molecule has 15 heavy (non-hydrogen) atoms. The van der Waals surface area contributed by atoms with Gasteiger partial charge in [-0.2, -0.15) is 0 Å². The van der Waals surface area contributed by atoms with Gasteiger partial charge in [0.15, 0.2) is 0 Å². The van der Waals surface area contributed by atoms with E-state index in [0.29, 0.717) is 12.6 Å². The van der Waals surface area contributed by atoms with E-state index >= 15 is 0 Å². The lowest BCUT2D eigenvalue weighted by Gasteiger charge is -2.15. The first-order valence-corrected chi connectivity index (χ1v) is 5.33. The molecule has 3 nitrogen and oxygen atoms in total. The van der Waals surface area contributed by atoms with Crippen molar-refractivity contribution in [3.8, 4) is 0 Å². The quantitative estimate of drug-likeness (QED) is 0.730. The first kappa shape index (κ1) is 11.9. The fraction of sp³-hybridized carbons (Fsp3) is 0.500. The number of nitrogens with two attached hydrogens (primary N) is 1. The van der Waals surface area contributed by atoms with Crippen LogP contribution in [0.2, 0.25) is 0 Å². The van der Waals surface area contributed by atoms with Gasteiger partial charge in [-0.05, 0) is 44.5 Å². The van der Waals surface area contributed by atoms with Crippen LogP contribution in [-0.2, 0) is 4.74 Å². The number of rotatable bonds is 5. The van der Waals surface area contributed by atoms with Crippen molar-refractivity contribution in [2.24, 2.45) is 0 Å². The van der Waals surface area contributed by atoms with Crippen molar-refractivity contribution >= 4 is 11.4 Å².